The summed E-state index contributed by atoms with van der Waals surface area (Å²) in [5.41, 5.74) is 6.65. The Morgan fingerprint density at radius 2 is 2.24 bits per heavy atom. The Kier molecular flexibility index (Phi) is 3.34. The highest BCUT2D eigenvalue weighted by Gasteiger charge is 2.05. The molecule has 6 nitrogen and oxygen atoms in total. The van der Waals surface area contributed by atoms with Crippen LogP contribution in [0.5, 0.6) is 0 Å². The Morgan fingerprint density at radius 3 is 2.88 bits per heavy atom. The van der Waals surface area contributed by atoms with E-state index in [0.29, 0.717) is 30.7 Å². The number of anilines is 1. The summed E-state index contributed by atoms with van der Waals surface area (Å²) in [6.45, 7) is 4.81. The van der Waals surface area contributed by atoms with E-state index in [-0.39, 0.29) is 0 Å². The molecule has 0 bridgehead atoms. The first-order valence-corrected chi connectivity index (χ1v) is 5.43. The van der Waals surface area contributed by atoms with Gasteiger partial charge in [-0.15, -0.1) is 0 Å². The summed E-state index contributed by atoms with van der Waals surface area (Å²) in [6, 6.07) is 3.59. The first-order valence-electron chi connectivity index (χ1n) is 5.43. The van der Waals surface area contributed by atoms with Crippen molar-refractivity contribution in [3.05, 3.63) is 29.8 Å². The van der Waals surface area contributed by atoms with Gasteiger partial charge < -0.3 is 10.5 Å². The first-order chi connectivity index (χ1) is 8.19. The lowest BCUT2D eigenvalue weighted by atomic mass is 10.5. The number of aromatic nitrogens is 4. The van der Waals surface area contributed by atoms with E-state index in [1.807, 2.05) is 26.1 Å². The van der Waals surface area contributed by atoms with Gasteiger partial charge in [-0.2, -0.15) is 5.10 Å². The van der Waals surface area contributed by atoms with Crippen molar-refractivity contribution in [3.8, 4) is 5.82 Å². The molecule has 0 saturated carbocycles. The fourth-order valence-corrected chi connectivity index (χ4v) is 1.42. The predicted molar refractivity (Wildman–Crippen MR) is 63.6 cm³/mol. The van der Waals surface area contributed by atoms with Gasteiger partial charge >= 0.3 is 0 Å². The molecule has 0 amide bonds. The molecule has 2 heterocycles. The zero-order valence-corrected chi connectivity index (χ0v) is 9.92. The monoisotopic (exact) mass is 233 g/mol. The molecule has 0 atom stereocenters. The molecule has 6 heteroatoms. The zero-order valence-electron chi connectivity index (χ0n) is 9.92. The summed E-state index contributed by atoms with van der Waals surface area (Å²) in [7, 11) is 0. The van der Waals surface area contributed by atoms with Crippen molar-refractivity contribution in [1.29, 1.82) is 0 Å². The van der Waals surface area contributed by atoms with E-state index in [4.69, 9.17) is 10.5 Å². The van der Waals surface area contributed by atoms with Crippen molar-refractivity contribution >= 4 is 5.82 Å². The zero-order chi connectivity index (χ0) is 12.3. The molecular weight excluding hydrogens is 218 g/mol. The number of hydrogen-bond acceptors (Lipinski definition) is 5. The fourth-order valence-electron chi connectivity index (χ4n) is 1.42. The third-order valence-electron chi connectivity index (χ3n) is 2.17. The normalized spacial score (nSPS) is 10.7. The maximum atomic E-state index is 5.73. The van der Waals surface area contributed by atoms with Gasteiger partial charge in [-0.1, -0.05) is 0 Å². The van der Waals surface area contributed by atoms with E-state index in [2.05, 4.69) is 15.1 Å². The molecule has 2 aromatic rings. The quantitative estimate of drug-likeness (QED) is 0.855. The molecule has 17 heavy (non-hydrogen) atoms. The lowest BCUT2D eigenvalue weighted by Gasteiger charge is -2.05. The summed E-state index contributed by atoms with van der Waals surface area (Å²) < 4.78 is 6.93. The fraction of sp³-hybridized carbons (Fsp3) is 0.364. The van der Waals surface area contributed by atoms with Crippen LogP contribution in [0.3, 0.4) is 0 Å². The van der Waals surface area contributed by atoms with Gasteiger partial charge in [-0.3, -0.25) is 0 Å². The van der Waals surface area contributed by atoms with Crippen molar-refractivity contribution in [3.63, 3.8) is 0 Å². The number of ether oxygens (including phenoxy) is 1. The smallest absolute Gasteiger partial charge is 0.159 e. The molecule has 0 aliphatic rings. The Morgan fingerprint density at radius 1 is 1.41 bits per heavy atom. The van der Waals surface area contributed by atoms with E-state index in [1.54, 1.807) is 10.7 Å². The molecule has 0 aliphatic carbocycles. The highest BCUT2D eigenvalue weighted by atomic mass is 16.5. The molecular formula is C11H15N5O. The van der Waals surface area contributed by atoms with Crippen molar-refractivity contribution in [2.24, 2.45) is 0 Å². The van der Waals surface area contributed by atoms with E-state index in [9.17, 15) is 0 Å². The van der Waals surface area contributed by atoms with Crippen LogP contribution in [0.2, 0.25) is 0 Å². The van der Waals surface area contributed by atoms with Crippen LogP contribution in [-0.4, -0.2) is 26.4 Å². The van der Waals surface area contributed by atoms with Gasteiger partial charge in [-0.25, -0.2) is 14.6 Å². The summed E-state index contributed by atoms with van der Waals surface area (Å²) >= 11 is 0. The second-order valence-corrected chi connectivity index (χ2v) is 3.61. The SMILES string of the molecule is CCOCc1nc(N)cc(-n2ccc(C)n2)n1. The third-order valence-corrected chi connectivity index (χ3v) is 2.17. The molecule has 2 aromatic heterocycles. The van der Waals surface area contributed by atoms with Gasteiger partial charge in [0.05, 0.1) is 5.69 Å². The van der Waals surface area contributed by atoms with Gasteiger partial charge in [0, 0.05) is 18.9 Å². The molecule has 0 unspecified atom stereocenters. The number of nitrogens with two attached hydrogens (primary N) is 1. The molecule has 2 rings (SSSR count). The topological polar surface area (TPSA) is 78.9 Å². The Bertz CT molecular complexity index is 508. The maximum Gasteiger partial charge on any atom is 0.159 e. The van der Waals surface area contributed by atoms with E-state index in [0.717, 1.165) is 5.69 Å². The molecule has 90 valence electrons. The van der Waals surface area contributed by atoms with Crippen molar-refractivity contribution in [2.45, 2.75) is 20.5 Å². The Hall–Kier alpha value is -1.95. The molecule has 0 radical (unpaired) electrons. The van der Waals surface area contributed by atoms with Crippen molar-refractivity contribution < 1.29 is 4.74 Å². The van der Waals surface area contributed by atoms with Crippen LogP contribution < -0.4 is 5.73 Å². The van der Waals surface area contributed by atoms with Crippen LogP contribution in [0.4, 0.5) is 5.82 Å². The molecule has 0 aromatic carbocycles. The molecule has 0 spiro atoms. The van der Waals surface area contributed by atoms with Crippen molar-refractivity contribution in [2.75, 3.05) is 12.3 Å². The molecule has 2 N–H and O–H groups in total. The van der Waals surface area contributed by atoms with Crippen LogP contribution in [0.25, 0.3) is 5.82 Å². The van der Waals surface area contributed by atoms with Gasteiger partial charge in [0.15, 0.2) is 11.6 Å². The van der Waals surface area contributed by atoms with Gasteiger partial charge in [-0.05, 0) is 19.9 Å². The number of nitrogen functional groups attached to an aromatic ring is 1. The number of hydrogen-bond donors (Lipinski definition) is 1. The highest BCUT2D eigenvalue weighted by molar-refractivity contribution is 5.36. The first kappa shape index (κ1) is 11.5. The highest BCUT2D eigenvalue weighted by Crippen LogP contribution is 2.09. The van der Waals surface area contributed by atoms with Gasteiger partial charge in [0.2, 0.25) is 0 Å². The molecule has 0 aliphatic heterocycles. The second-order valence-electron chi connectivity index (χ2n) is 3.61. The van der Waals surface area contributed by atoms with Crippen LogP contribution >= 0.6 is 0 Å². The lowest BCUT2D eigenvalue weighted by Crippen LogP contribution is -2.07. The van der Waals surface area contributed by atoms with Gasteiger partial charge in [0.1, 0.15) is 12.4 Å². The number of aryl methyl sites for hydroxylation is 1. The maximum absolute atomic E-state index is 5.73. The van der Waals surface area contributed by atoms with E-state index in [1.165, 1.54) is 0 Å². The summed E-state index contributed by atoms with van der Waals surface area (Å²) in [5.74, 6) is 1.63. The number of nitrogens with zero attached hydrogens (tertiary/aromatic N) is 4. The average Bonchev–Trinajstić information content (AvgIpc) is 2.72. The summed E-state index contributed by atoms with van der Waals surface area (Å²) in [6.07, 6.45) is 1.83. The largest absolute Gasteiger partial charge is 0.384 e. The Labute approximate surface area is 99.4 Å². The second kappa shape index (κ2) is 4.92. The third kappa shape index (κ3) is 2.79. The van der Waals surface area contributed by atoms with Crippen LogP contribution in [0.1, 0.15) is 18.4 Å². The average molecular weight is 233 g/mol. The van der Waals surface area contributed by atoms with Crippen LogP contribution in [0, 0.1) is 6.92 Å². The molecule has 0 saturated heterocycles. The minimum Gasteiger partial charge on any atom is -0.384 e. The summed E-state index contributed by atoms with van der Waals surface area (Å²) in [4.78, 5) is 8.44. The minimum atomic E-state index is 0.356. The minimum absolute atomic E-state index is 0.356. The van der Waals surface area contributed by atoms with Crippen molar-refractivity contribution in [1.82, 2.24) is 19.7 Å². The Balaban J connectivity index is 2.31. The van der Waals surface area contributed by atoms with Crippen LogP contribution in [-0.2, 0) is 11.3 Å². The van der Waals surface area contributed by atoms with E-state index >= 15 is 0 Å². The summed E-state index contributed by atoms with van der Waals surface area (Å²) in [5, 5.41) is 4.27. The number of rotatable bonds is 4. The predicted octanol–water partition coefficient (Wildman–Crippen LogP) is 1.09. The van der Waals surface area contributed by atoms with E-state index < -0.39 is 0 Å². The van der Waals surface area contributed by atoms with Crippen LogP contribution in [0.15, 0.2) is 18.3 Å². The molecule has 0 fully saturated rings. The van der Waals surface area contributed by atoms with Gasteiger partial charge in [0.25, 0.3) is 0 Å². The lowest BCUT2D eigenvalue weighted by molar-refractivity contribution is 0.128. The standard InChI is InChI=1S/C11H15N5O/c1-3-17-7-10-13-9(12)6-11(14-10)16-5-4-8(2)15-16/h4-6H,3,7H2,1-2H3,(H2,12,13,14).